The van der Waals surface area contributed by atoms with Gasteiger partial charge in [0, 0.05) is 20.7 Å². The Morgan fingerprint density at radius 3 is 2.64 bits per heavy atom. The lowest BCUT2D eigenvalue weighted by atomic mass is 10.4. The monoisotopic (exact) mass is 199 g/mol. The molecule has 0 N–H and O–H groups in total. The zero-order valence-electron chi connectivity index (χ0n) is 8.99. The van der Waals surface area contributed by atoms with Crippen LogP contribution in [0.15, 0.2) is 0 Å². The molecule has 0 aliphatic heterocycles. The maximum Gasteiger partial charge on any atom is 0.236 e. The highest BCUT2D eigenvalue weighted by molar-refractivity contribution is 5.77. The van der Waals surface area contributed by atoms with E-state index < -0.39 is 0 Å². The first kappa shape index (κ1) is 12.9. The largest absolute Gasteiger partial charge is 0.383 e. The SMILES string of the molecule is COCCN(C)C(=O)CN(C)CC#N. The molecule has 0 spiro atoms. The summed E-state index contributed by atoms with van der Waals surface area (Å²) >= 11 is 0. The number of hydrogen-bond acceptors (Lipinski definition) is 4. The van der Waals surface area contributed by atoms with Gasteiger partial charge in [0.05, 0.1) is 25.8 Å². The van der Waals surface area contributed by atoms with E-state index in [4.69, 9.17) is 10.00 Å². The molecular weight excluding hydrogens is 182 g/mol. The highest BCUT2D eigenvalue weighted by atomic mass is 16.5. The Morgan fingerprint density at radius 2 is 2.14 bits per heavy atom. The van der Waals surface area contributed by atoms with Crippen LogP contribution in [0.4, 0.5) is 0 Å². The van der Waals surface area contributed by atoms with Gasteiger partial charge < -0.3 is 9.64 Å². The van der Waals surface area contributed by atoms with Crippen LogP contribution in [0.2, 0.25) is 0 Å². The Morgan fingerprint density at radius 1 is 1.50 bits per heavy atom. The molecule has 0 rings (SSSR count). The van der Waals surface area contributed by atoms with Crippen molar-refractivity contribution in [3.05, 3.63) is 0 Å². The third kappa shape index (κ3) is 5.51. The Labute approximate surface area is 84.8 Å². The average molecular weight is 199 g/mol. The van der Waals surface area contributed by atoms with Gasteiger partial charge in [-0.25, -0.2) is 0 Å². The van der Waals surface area contributed by atoms with Crippen LogP contribution >= 0.6 is 0 Å². The van der Waals surface area contributed by atoms with Crippen molar-refractivity contribution in [2.75, 3.05) is 47.4 Å². The van der Waals surface area contributed by atoms with E-state index in [0.717, 1.165) is 0 Å². The lowest BCUT2D eigenvalue weighted by Crippen LogP contribution is -2.38. The van der Waals surface area contributed by atoms with Gasteiger partial charge in [-0.15, -0.1) is 0 Å². The fourth-order valence-corrected chi connectivity index (χ4v) is 0.881. The number of methoxy groups -OCH3 is 1. The van der Waals surface area contributed by atoms with Crippen molar-refractivity contribution in [1.82, 2.24) is 9.80 Å². The van der Waals surface area contributed by atoms with Gasteiger partial charge in [-0.05, 0) is 7.05 Å². The molecule has 0 saturated heterocycles. The van der Waals surface area contributed by atoms with Crippen molar-refractivity contribution in [3.63, 3.8) is 0 Å². The van der Waals surface area contributed by atoms with Crippen molar-refractivity contribution in [1.29, 1.82) is 5.26 Å². The van der Waals surface area contributed by atoms with Gasteiger partial charge in [0.1, 0.15) is 0 Å². The van der Waals surface area contributed by atoms with Gasteiger partial charge in [0.25, 0.3) is 0 Å². The van der Waals surface area contributed by atoms with E-state index in [9.17, 15) is 4.79 Å². The second-order valence-corrected chi connectivity index (χ2v) is 3.14. The van der Waals surface area contributed by atoms with E-state index in [0.29, 0.717) is 13.2 Å². The minimum absolute atomic E-state index is 0.000185. The number of rotatable bonds is 6. The molecular formula is C9H17N3O2. The topological polar surface area (TPSA) is 56.6 Å². The average Bonchev–Trinajstić information content (AvgIpc) is 2.14. The normalized spacial score (nSPS) is 9.93. The van der Waals surface area contributed by atoms with Gasteiger partial charge in [-0.1, -0.05) is 0 Å². The number of nitriles is 1. The summed E-state index contributed by atoms with van der Waals surface area (Å²) in [5.41, 5.74) is 0. The van der Waals surface area contributed by atoms with Crippen molar-refractivity contribution >= 4 is 5.91 Å². The fourth-order valence-electron chi connectivity index (χ4n) is 0.881. The van der Waals surface area contributed by atoms with Crippen LogP contribution in [-0.2, 0) is 9.53 Å². The standard InChI is InChI=1S/C9H17N3O2/c1-11(5-4-10)8-9(13)12(2)6-7-14-3/h5-8H2,1-3H3. The van der Waals surface area contributed by atoms with Gasteiger partial charge in [0.2, 0.25) is 5.91 Å². The van der Waals surface area contributed by atoms with Gasteiger partial charge in [-0.3, -0.25) is 9.69 Å². The number of nitrogens with zero attached hydrogens (tertiary/aromatic N) is 3. The van der Waals surface area contributed by atoms with Crippen LogP contribution in [0.1, 0.15) is 0 Å². The molecule has 5 heteroatoms. The summed E-state index contributed by atoms with van der Waals surface area (Å²) in [6.45, 7) is 1.65. The third-order valence-electron chi connectivity index (χ3n) is 1.80. The van der Waals surface area contributed by atoms with Crippen LogP contribution in [0, 0.1) is 11.3 Å². The molecule has 0 heterocycles. The van der Waals surface area contributed by atoms with E-state index in [1.807, 2.05) is 6.07 Å². The zero-order valence-corrected chi connectivity index (χ0v) is 8.99. The minimum Gasteiger partial charge on any atom is -0.383 e. The number of ether oxygens (including phenoxy) is 1. The Balaban J connectivity index is 3.77. The molecule has 1 amide bonds. The minimum atomic E-state index is -0.000185. The van der Waals surface area contributed by atoms with Crippen LogP contribution in [-0.4, -0.2) is 63.2 Å². The zero-order chi connectivity index (χ0) is 11.0. The highest BCUT2D eigenvalue weighted by Gasteiger charge is 2.10. The van der Waals surface area contributed by atoms with Crippen molar-refractivity contribution in [2.45, 2.75) is 0 Å². The number of carbonyl (C=O) groups excluding carboxylic acids is 1. The van der Waals surface area contributed by atoms with Crippen LogP contribution in [0.5, 0.6) is 0 Å². The first-order chi connectivity index (χ1) is 6.61. The smallest absolute Gasteiger partial charge is 0.236 e. The molecule has 0 radical (unpaired) electrons. The summed E-state index contributed by atoms with van der Waals surface area (Å²) in [4.78, 5) is 14.7. The molecule has 0 aliphatic carbocycles. The van der Waals surface area contributed by atoms with Crippen molar-refractivity contribution in [2.24, 2.45) is 0 Å². The maximum atomic E-state index is 11.5. The second-order valence-electron chi connectivity index (χ2n) is 3.14. The molecule has 80 valence electrons. The van der Waals surface area contributed by atoms with Gasteiger partial charge in [0.15, 0.2) is 0 Å². The van der Waals surface area contributed by atoms with Crippen molar-refractivity contribution < 1.29 is 9.53 Å². The van der Waals surface area contributed by atoms with E-state index in [1.165, 1.54) is 0 Å². The van der Waals surface area contributed by atoms with Crippen LogP contribution in [0.25, 0.3) is 0 Å². The van der Waals surface area contributed by atoms with E-state index in [-0.39, 0.29) is 19.0 Å². The maximum absolute atomic E-state index is 11.5. The Kier molecular flexibility index (Phi) is 6.72. The summed E-state index contributed by atoms with van der Waals surface area (Å²) in [6, 6.07) is 1.99. The Bertz CT molecular complexity index is 213. The van der Waals surface area contributed by atoms with Crippen LogP contribution in [0.3, 0.4) is 0 Å². The summed E-state index contributed by atoms with van der Waals surface area (Å²) in [7, 11) is 5.06. The summed E-state index contributed by atoms with van der Waals surface area (Å²) < 4.78 is 4.86. The molecule has 5 nitrogen and oxygen atoms in total. The molecule has 0 atom stereocenters. The van der Waals surface area contributed by atoms with E-state index in [2.05, 4.69) is 0 Å². The second kappa shape index (κ2) is 7.30. The summed E-state index contributed by atoms with van der Waals surface area (Å²) in [5.74, 6) is -0.000185. The molecule has 0 fully saturated rings. The molecule has 0 unspecified atom stereocenters. The molecule has 0 aliphatic rings. The Hall–Kier alpha value is -1.12. The van der Waals surface area contributed by atoms with E-state index >= 15 is 0 Å². The molecule has 0 bridgehead atoms. The first-order valence-corrected chi connectivity index (χ1v) is 4.40. The molecule has 14 heavy (non-hydrogen) atoms. The lowest BCUT2D eigenvalue weighted by Gasteiger charge is -2.19. The van der Waals surface area contributed by atoms with E-state index in [1.54, 1.807) is 31.0 Å². The fraction of sp³-hybridized carbons (Fsp3) is 0.778. The number of likely N-dealkylation sites (N-methyl/N-ethyl adjacent to an activating group) is 2. The summed E-state index contributed by atoms with van der Waals surface area (Å²) in [6.07, 6.45) is 0. The molecule has 0 saturated carbocycles. The highest BCUT2D eigenvalue weighted by Crippen LogP contribution is 1.88. The summed E-state index contributed by atoms with van der Waals surface area (Å²) in [5, 5.41) is 8.39. The first-order valence-electron chi connectivity index (χ1n) is 4.40. The predicted molar refractivity (Wildman–Crippen MR) is 52.6 cm³/mol. The molecule has 0 aromatic rings. The quantitative estimate of drug-likeness (QED) is 0.543. The van der Waals surface area contributed by atoms with Gasteiger partial charge >= 0.3 is 0 Å². The van der Waals surface area contributed by atoms with Crippen molar-refractivity contribution in [3.8, 4) is 6.07 Å². The molecule has 0 aromatic heterocycles. The third-order valence-corrected chi connectivity index (χ3v) is 1.80. The lowest BCUT2D eigenvalue weighted by molar-refractivity contribution is -0.131. The van der Waals surface area contributed by atoms with Crippen LogP contribution < -0.4 is 0 Å². The predicted octanol–water partition coefficient (Wildman–Crippen LogP) is -0.453. The molecule has 0 aromatic carbocycles. The number of carbonyl (C=O) groups is 1. The number of amides is 1. The number of hydrogen-bond donors (Lipinski definition) is 0. The van der Waals surface area contributed by atoms with Gasteiger partial charge in [-0.2, -0.15) is 5.26 Å².